The number of hydrogen-bond donors (Lipinski definition) is 4. The minimum absolute atomic E-state index is 0.291. The Morgan fingerprint density at radius 3 is 2.39 bits per heavy atom. The van der Waals surface area contributed by atoms with E-state index in [2.05, 4.69) is 10.2 Å². The molecule has 1 aromatic heterocycles. The first-order valence-corrected chi connectivity index (χ1v) is 9.61. The van der Waals surface area contributed by atoms with Crippen LogP contribution in [-0.4, -0.2) is 61.6 Å². The van der Waals surface area contributed by atoms with E-state index in [4.69, 9.17) is 16.3 Å². The Morgan fingerprint density at radius 2 is 1.79 bits per heavy atom. The Hall–Kier alpha value is -1.61. The van der Waals surface area contributed by atoms with Gasteiger partial charge in [-0.3, -0.25) is 0 Å². The summed E-state index contributed by atoms with van der Waals surface area (Å²) in [5, 5.41) is 48.7. The molecule has 0 radical (unpaired) electrons. The summed E-state index contributed by atoms with van der Waals surface area (Å²) in [7, 11) is 0. The zero-order chi connectivity index (χ0) is 20.4. The smallest absolute Gasteiger partial charge is 0.113 e. The van der Waals surface area contributed by atoms with Gasteiger partial charge >= 0.3 is 0 Å². The van der Waals surface area contributed by atoms with Crippen LogP contribution in [0, 0.1) is 0 Å². The third kappa shape index (κ3) is 4.35. The molecule has 1 saturated heterocycles. The molecule has 1 aromatic carbocycles. The fourth-order valence-electron chi connectivity index (χ4n) is 3.25. The molecule has 3 rings (SSSR count). The van der Waals surface area contributed by atoms with Crippen molar-refractivity contribution in [2.45, 2.75) is 56.7 Å². The van der Waals surface area contributed by atoms with Crippen molar-refractivity contribution in [2.24, 2.45) is 0 Å². The fraction of sp³-hybridized carbons (Fsp3) is 0.500. The highest BCUT2D eigenvalue weighted by molar-refractivity contribution is 6.31. The number of aromatic nitrogens is 2. The standard InChI is InChI=1S/C20H25ClN2O5/c1-10(2)15-6-4-13(22-23-15)8-12-7-11(3-5-14(12)21)20-19(27)18(26)17(25)16(9-24)28-20/h3-7,10,16-20,24-27H,8-9H2,1-2H3. The summed E-state index contributed by atoms with van der Waals surface area (Å²) in [6.45, 7) is 3.62. The van der Waals surface area contributed by atoms with E-state index in [0.29, 0.717) is 22.9 Å². The first-order valence-electron chi connectivity index (χ1n) is 9.23. The molecule has 0 bridgehead atoms. The van der Waals surface area contributed by atoms with Gasteiger partial charge in [0.1, 0.15) is 30.5 Å². The molecular formula is C20H25ClN2O5. The van der Waals surface area contributed by atoms with E-state index in [0.717, 1.165) is 17.0 Å². The first-order chi connectivity index (χ1) is 13.3. The Morgan fingerprint density at radius 1 is 1.04 bits per heavy atom. The highest BCUT2D eigenvalue weighted by Crippen LogP contribution is 2.34. The van der Waals surface area contributed by atoms with Gasteiger partial charge in [-0.25, -0.2) is 0 Å². The zero-order valence-electron chi connectivity index (χ0n) is 15.7. The van der Waals surface area contributed by atoms with E-state index in [1.165, 1.54) is 0 Å². The SMILES string of the molecule is CC(C)c1ccc(Cc2cc(C3OC(CO)C(O)C(O)C3O)ccc2Cl)nn1. The molecule has 1 aliphatic rings. The van der Waals surface area contributed by atoms with Crippen LogP contribution in [0.3, 0.4) is 0 Å². The molecule has 2 aromatic rings. The average molecular weight is 409 g/mol. The molecule has 0 spiro atoms. The molecule has 1 fully saturated rings. The monoisotopic (exact) mass is 408 g/mol. The molecule has 5 atom stereocenters. The van der Waals surface area contributed by atoms with Crippen molar-refractivity contribution in [3.63, 3.8) is 0 Å². The fourth-order valence-corrected chi connectivity index (χ4v) is 3.44. The van der Waals surface area contributed by atoms with Gasteiger partial charge in [-0.15, -0.1) is 0 Å². The second kappa shape index (κ2) is 8.82. The second-order valence-corrected chi connectivity index (χ2v) is 7.79. The highest BCUT2D eigenvalue weighted by atomic mass is 35.5. The van der Waals surface area contributed by atoms with Gasteiger partial charge in [0.15, 0.2) is 0 Å². The zero-order valence-corrected chi connectivity index (χ0v) is 16.5. The maximum atomic E-state index is 10.3. The van der Waals surface area contributed by atoms with Gasteiger partial charge < -0.3 is 25.2 Å². The largest absolute Gasteiger partial charge is 0.394 e. The van der Waals surface area contributed by atoms with Crippen molar-refractivity contribution in [3.05, 3.63) is 57.9 Å². The predicted octanol–water partition coefficient (Wildman–Crippen LogP) is 1.36. The quantitative estimate of drug-likeness (QED) is 0.590. The van der Waals surface area contributed by atoms with Crippen LogP contribution in [0.2, 0.25) is 5.02 Å². The molecular weight excluding hydrogens is 384 g/mol. The topological polar surface area (TPSA) is 116 Å². The lowest BCUT2D eigenvalue weighted by molar-refractivity contribution is -0.231. The van der Waals surface area contributed by atoms with Gasteiger partial charge in [0.2, 0.25) is 0 Å². The van der Waals surface area contributed by atoms with E-state index in [-0.39, 0.29) is 0 Å². The molecule has 0 saturated carbocycles. The lowest BCUT2D eigenvalue weighted by atomic mass is 9.90. The van der Waals surface area contributed by atoms with E-state index in [1.807, 2.05) is 26.0 Å². The van der Waals surface area contributed by atoms with Crippen molar-refractivity contribution in [2.75, 3.05) is 6.61 Å². The van der Waals surface area contributed by atoms with Crippen molar-refractivity contribution < 1.29 is 25.2 Å². The van der Waals surface area contributed by atoms with Crippen LogP contribution in [-0.2, 0) is 11.2 Å². The Balaban J connectivity index is 1.84. The molecule has 7 nitrogen and oxygen atoms in total. The number of aliphatic hydroxyl groups excluding tert-OH is 4. The molecule has 28 heavy (non-hydrogen) atoms. The minimum atomic E-state index is -1.43. The molecule has 5 unspecified atom stereocenters. The molecule has 2 heterocycles. The maximum absolute atomic E-state index is 10.3. The second-order valence-electron chi connectivity index (χ2n) is 7.38. The van der Waals surface area contributed by atoms with Gasteiger partial charge in [-0.05, 0) is 35.2 Å². The molecule has 8 heteroatoms. The lowest BCUT2D eigenvalue weighted by Crippen LogP contribution is -2.55. The van der Waals surface area contributed by atoms with Crippen LogP contribution < -0.4 is 0 Å². The number of halogens is 1. The van der Waals surface area contributed by atoms with Crippen LogP contribution in [0.25, 0.3) is 0 Å². The third-order valence-corrected chi connectivity index (χ3v) is 5.36. The van der Waals surface area contributed by atoms with Gasteiger partial charge in [0.25, 0.3) is 0 Å². The number of aliphatic hydroxyl groups is 4. The summed E-state index contributed by atoms with van der Waals surface area (Å²) in [6.07, 6.45) is -5.58. The number of hydrogen-bond acceptors (Lipinski definition) is 7. The Bertz CT molecular complexity index is 800. The van der Waals surface area contributed by atoms with Crippen LogP contribution in [0.1, 0.15) is 48.4 Å². The summed E-state index contributed by atoms with van der Waals surface area (Å²) < 4.78 is 5.62. The van der Waals surface area contributed by atoms with Crippen molar-refractivity contribution in [1.29, 1.82) is 0 Å². The van der Waals surface area contributed by atoms with Gasteiger partial charge in [0.05, 0.1) is 18.0 Å². The van der Waals surface area contributed by atoms with Crippen LogP contribution in [0.4, 0.5) is 0 Å². The van der Waals surface area contributed by atoms with E-state index >= 15 is 0 Å². The van der Waals surface area contributed by atoms with E-state index in [9.17, 15) is 20.4 Å². The number of rotatable bonds is 5. The number of ether oxygens (including phenoxy) is 1. The summed E-state index contributed by atoms with van der Waals surface area (Å²) in [6, 6.07) is 8.98. The number of nitrogens with zero attached hydrogens (tertiary/aromatic N) is 2. The van der Waals surface area contributed by atoms with Crippen LogP contribution in [0.15, 0.2) is 30.3 Å². The van der Waals surface area contributed by atoms with Crippen molar-refractivity contribution in [3.8, 4) is 0 Å². The molecule has 0 aliphatic carbocycles. The first kappa shape index (κ1) is 21.1. The Labute approximate surface area is 168 Å². The molecule has 4 N–H and O–H groups in total. The third-order valence-electron chi connectivity index (χ3n) is 4.99. The van der Waals surface area contributed by atoms with Gasteiger partial charge in [0, 0.05) is 11.4 Å². The summed E-state index contributed by atoms with van der Waals surface area (Å²) in [4.78, 5) is 0. The summed E-state index contributed by atoms with van der Waals surface area (Å²) in [5.74, 6) is 0.291. The normalized spacial score (nSPS) is 27.9. The number of benzene rings is 1. The maximum Gasteiger partial charge on any atom is 0.113 e. The average Bonchev–Trinajstić information content (AvgIpc) is 2.69. The lowest BCUT2D eigenvalue weighted by Gasteiger charge is -2.40. The highest BCUT2D eigenvalue weighted by Gasteiger charge is 2.44. The summed E-state index contributed by atoms with van der Waals surface area (Å²) in [5.41, 5.74) is 3.01. The van der Waals surface area contributed by atoms with Crippen LogP contribution >= 0.6 is 11.6 Å². The van der Waals surface area contributed by atoms with Crippen molar-refractivity contribution in [1.82, 2.24) is 10.2 Å². The van der Waals surface area contributed by atoms with Crippen LogP contribution in [0.5, 0.6) is 0 Å². The molecule has 1 aliphatic heterocycles. The van der Waals surface area contributed by atoms with Gasteiger partial charge in [-0.2, -0.15) is 10.2 Å². The van der Waals surface area contributed by atoms with E-state index in [1.54, 1.807) is 18.2 Å². The predicted molar refractivity (Wildman–Crippen MR) is 103 cm³/mol. The molecule has 0 amide bonds. The Kier molecular flexibility index (Phi) is 6.65. The summed E-state index contributed by atoms with van der Waals surface area (Å²) >= 11 is 6.33. The van der Waals surface area contributed by atoms with Gasteiger partial charge in [-0.1, -0.05) is 37.6 Å². The van der Waals surface area contributed by atoms with E-state index < -0.39 is 37.1 Å². The van der Waals surface area contributed by atoms with Crippen molar-refractivity contribution >= 4 is 11.6 Å². The molecule has 152 valence electrons. The minimum Gasteiger partial charge on any atom is -0.394 e.